The molecule has 0 saturated carbocycles. The van der Waals surface area contributed by atoms with Crippen molar-refractivity contribution in [3.63, 3.8) is 0 Å². The quantitative estimate of drug-likeness (QED) is 0.359. The number of aromatic nitrogens is 3. The molecule has 0 saturated heterocycles. The van der Waals surface area contributed by atoms with Crippen LogP contribution in [0.1, 0.15) is 34.5 Å². The predicted octanol–water partition coefficient (Wildman–Crippen LogP) is 3.85. The number of nitrogens with one attached hydrogen (secondary N) is 3. The SMILES string of the molecule is Cc1ccc(S(=O)(=O)n2ccc3ccc([C@H](C)NC(=O)c4ccc5[nH]c(=O)[nH]c5c4)cc32)cc1. The lowest BCUT2D eigenvalue weighted by Gasteiger charge is -2.15. The number of aryl methyl sites for hydroxylation is 1. The first-order chi connectivity index (χ1) is 16.2. The minimum atomic E-state index is -3.77. The lowest BCUT2D eigenvalue weighted by molar-refractivity contribution is 0.0940. The number of carbonyl (C=O) groups is 1. The number of hydrogen-bond acceptors (Lipinski definition) is 4. The van der Waals surface area contributed by atoms with Gasteiger partial charge in [0.2, 0.25) is 0 Å². The first-order valence-electron chi connectivity index (χ1n) is 10.7. The summed E-state index contributed by atoms with van der Waals surface area (Å²) in [6.07, 6.45) is 1.54. The maximum Gasteiger partial charge on any atom is 0.323 e. The van der Waals surface area contributed by atoms with Crippen LogP contribution in [0.15, 0.2) is 82.6 Å². The van der Waals surface area contributed by atoms with E-state index >= 15 is 0 Å². The lowest BCUT2D eigenvalue weighted by Crippen LogP contribution is -2.26. The summed E-state index contributed by atoms with van der Waals surface area (Å²) in [6, 6.07) is 18.5. The molecule has 3 aromatic carbocycles. The van der Waals surface area contributed by atoms with E-state index in [9.17, 15) is 18.0 Å². The number of aromatic amines is 2. The second-order valence-corrected chi connectivity index (χ2v) is 10.1. The summed E-state index contributed by atoms with van der Waals surface area (Å²) < 4.78 is 27.7. The molecule has 0 aliphatic heterocycles. The van der Waals surface area contributed by atoms with Crippen molar-refractivity contribution in [1.29, 1.82) is 0 Å². The second kappa shape index (κ2) is 8.03. The molecular formula is C25H22N4O4S. The molecular weight excluding hydrogens is 452 g/mol. The van der Waals surface area contributed by atoms with Crippen LogP contribution in [0.2, 0.25) is 0 Å². The Hall–Kier alpha value is -4.11. The van der Waals surface area contributed by atoms with Gasteiger partial charge in [-0.15, -0.1) is 0 Å². The summed E-state index contributed by atoms with van der Waals surface area (Å²) in [4.78, 5) is 29.8. The van der Waals surface area contributed by atoms with Crippen molar-refractivity contribution in [2.45, 2.75) is 24.8 Å². The maximum absolute atomic E-state index is 13.2. The summed E-state index contributed by atoms with van der Waals surface area (Å²) in [5, 5.41) is 3.71. The topological polar surface area (TPSA) is 117 Å². The largest absolute Gasteiger partial charge is 0.346 e. The van der Waals surface area contributed by atoms with Crippen LogP contribution in [-0.4, -0.2) is 28.3 Å². The molecule has 0 aliphatic carbocycles. The molecule has 0 bridgehead atoms. The van der Waals surface area contributed by atoms with E-state index in [0.29, 0.717) is 22.1 Å². The predicted molar refractivity (Wildman–Crippen MR) is 131 cm³/mol. The van der Waals surface area contributed by atoms with Gasteiger partial charge in [-0.3, -0.25) is 4.79 Å². The monoisotopic (exact) mass is 474 g/mol. The lowest BCUT2D eigenvalue weighted by atomic mass is 10.1. The van der Waals surface area contributed by atoms with E-state index in [4.69, 9.17) is 0 Å². The first-order valence-corrected chi connectivity index (χ1v) is 12.1. The summed E-state index contributed by atoms with van der Waals surface area (Å²) in [7, 11) is -3.77. The van der Waals surface area contributed by atoms with Crippen LogP contribution in [0.25, 0.3) is 21.9 Å². The normalized spacial score (nSPS) is 12.8. The van der Waals surface area contributed by atoms with Crippen molar-refractivity contribution in [3.8, 4) is 0 Å². The van der Waals surface area contributed by atoms with Gasteiger partial charge in [0.25, 0.3) is 15.9 Å². The number of benzene rings is 3. The van der Waals surface area contributed by atoms with Crippen molar-refractivity contribution in [3.05, 3.63) is 100 Å². The van der Waals surface area contributed by atoms with Crippen LogP contribution in [0, 0.1) is 6.92 Å². The van der Waals surface area contributed by atoms with E-state index in [-0.39, 0.29) is 22.5 Å². The molecule has 0 unspecified atom stereocenters. The third kappa shape index (κ3) is 3.80. The average Bonchev–Trinajstić information content (AvgIpc) is 3.41. The Morgan fingerprint density at radius 2 is 1.68 bits per heavy atom. The van der Waals surface area contributed by atoms with Crippen LogP contribution in [0.3, 0.4) is 0 Å². The van der Waals surface area contributed by atoms with Crippen LogP contribution in [-0.2, 0) is 10.0 Å². The van der Waals surface area contributed by atoms with E-state index in [2.05, 4.69) is 15.3 Å². The number of nitrogens with zero attached hydrogens (tertiary/aromatic N) is 1. The summed E-state index contributed by atoms with van der Waals surface area (Å²) >= 11 is 0. The molecule has 2 heterocycles. The molecule has 9 heteroatoms. The summed E-state index contributed by atoms with van der Waals surface area (Å²) in [5.74, 6) is -0.306. The van der Waals surface area contributed by atoms with Gasteiger partial charge >= 0.3 is 5.69 Å². The van der Waals surface area contributed by atoms with Crippen molar-refractivity contribution in [1.82, 2.24) is 19.3 Å². The third-order valence-electron chi connectivity index (χ3n) is 5.88. The van der Waals surface area contributed by atoms with Crippen LogP contribution in [0.4, 0.5) is 0 Å². The number of hydrogen-bond donors (Lipinski definition) is 3. The summed E-state index contributed by atoms with van der Waals surface area (Å²) in [6.45, 7) is 3.73. The van der Waals surface area contributed by atoms with E-state index in [1.807, 2.05) is 26.0 Å². The molecule has 5 rings (SSSR count). The Balaban J connectivity index is 1.45. The highest BCUT2D eigenvalue weighted by Gasteiger charge is 2.20. The van der Waals surface area contributed by atoms with Gasteiger partial charge in [0, 0.05) is 17.1 Å². The molecule has 1 amide bonds. The number of amides is 1. The van der Waals surface area contributed by atoms with Gasteiger partial charge < -0.3 is 15.3 Å². The Labute approximate surface area is 195 Å². The van der Waals surface area contributed by atoms with E-state index in [1.165, 1.54) is 3.97 Å². The molecule has 5 aromatic rings. The van der Waals surface area contributed by atoms with E-state index in [1.54, 1.807) is 60.8 Å². The molecule has 0 spiro atoms. The fourth-order valence-corrected chi connectivity index (χ4v) is 5.31. The Morgan fingerprint density at radius 3 is 2.44 bits per heavy atom. The van der Waals surface area contributed by atoms with Gasteiger partial charge in [-0.05, 0) is 61.9 Å². The number of rotatable bonds is 5. The van der Waals surface area contributed by atoms with Gasteiger partial charge in [-0.1, -0.05) is 29.8 Å². The third-order valence-corrected chi connectivity index (χ3v) is 7.59. The van der Waals surface area contributed by atoms with Crippen molar-refractivity contribution < 1.29 is 13.2 Å². The zero-order chi connectivity index (χ0) is 24.0. The fraction of sp³-hybridized carbons (Fsp3) is 0.120. The van der Waals surface area contributed by atoms with Gasteiger partial charge in [0.15, 0.2) is 0 Å². The first kappa shape index (κ1) is 21.7. The zero-order valence-corrected chi connectivity index (χ0v) is 19.3. The van der Waals surface area contributed by atoms with E-state index in [0.717, 1.165) is 16.5 Å². The molecule has 3 N–H and O–H groups in total. The van der Waals surface area contributed by atoms with Crippen molar-refractivity contribution in [2.24, 2.45) is 0 Å². The number of carbonyl (C=O) groups excluding carboxylic acids is 1. The highest BCUT2D eigenvalue weighted by atomic mass is 32.2. The minimum Gasteiger partial charge on any atom is -0.346 e. The van der Waals surface area contributed by atoms with Crippen LogP contribution >= 0.6 is 0 Å². The smallest absolute Gasteiger partial charge is 0.323 e. The van der Waals surface area contributed by atoms with Crippen molar-refractivity contribution >= 4 is 37.9 Å². The average molecular weight is 475 g/mol. The second-order valence-electron chi connectivity index (χ2n) is 8.28. The number of H-pyrrole nitrogens is 2. The maximum atomic E-state index is 13.2. The number of imidazole rings is 1. The molecule has 0 aliphatic rings. The van der Waals surface area contributed by atoms with Gasteiger partial charge in [0.1, 0.15) is 0 Å². The Bertz CT molecular complexity index is 1710. The summed E-state index contributed by atoms with van der Waals surface area (Å²) in [5.41, 5.74) is 3.51. The highest BCUT2D eigenvalue weighted by Crippen LogP contribution is 2.26. The molecule has 0 fully saturated rings. The van der Waals surface area contributed by atoms with Gasteiger partial charge in [-0.25, -0.2) is 17.2 Å². The van der Waals surface area contributed by atoms with Gasteiger partial charge in [0.05, 0.1) is 27.5 Å². The molecule has 2 aromatic heterocycles. The van der Waals surface area contributed by atoms with Gasteiger partial charge in [-0.2, -0.15) is 0 Å². The number of fused-ring (bicyclic) bond motifs is 2. The molecule has 8 nitrogen and oxygen atoms in total. The minimum absolute atomic E-state index is 0.209. The van der Waals surface area contributed by atoms with E-state index < -0.39 is 10.0 Å². The highest BCUT2D eigenvalue weighted by molar-refractivity contribution is 7.90. The Morgan fingerprint density at radius 1 is 0.941 bits per heavy atom. The van der Waals surface area contributed by atoms with Crippen LogP contribution in [0.5, 0.6) is 0 Å². The van der Waals surface area contributed by atoms with Crippen LogP contribution < -0.4 is 11.0 Å². The Kier molecular flexibility index (Phi) is 5.13. The fourth-order valence-electron chi connectivity index (χ4n) is 3.96. The molecule has 0 radical (unpaired) electrons. The molecule has 34 heavy (non-hydrogen) atoms. The molecule has 1 atom stereocenters. The molecule has 172 valence electrons. The van der Waals surface area contributed by atoms with Crippen molar-refractivity contribution in [2.75, 3.05) is 0 Å². The zero-order valence-electron chi connectivity index (χ0n) is 18.5. The standard InChI is InChI=1S/C25H22N4O4S/c1-15-3-8-20(9-4-15)34(32,33)29-12-11-17-5-6-18(14-23(17)29)16(2)26-24(30)19-7-10-21-22(13-19)28-25(31)27-21/h3-14,16H,1-2H3,(H,26,30)(H2,27,28,31)/t16-/m0/s1.